The summed E-state index contributed by atoms with van der Waals surface area (Å²) in [6.45, 7) is 3.36. The van der Waals surface area contributed by atoms with E-state index < -0.39 is 51.9 Å². The molecule has 2 aliphatic rings. The molecule has 4 atom stereocenters. The van der Waals surface area contributed by atoms with Crippen molar-refractivity contribution in [2.45, 2.75) is 42.0 Å². The Hall–Kier alpha value is -0.0700. The van der Waals surface area contributed by atoms with Crippen LogP contribution in [0.25, 0.3) is 0 Å². The number of fused-ring (bicyclic) bond motifs is 1. The van der Waals surface area contributed by atoms with Gasteiger partial charge in [-0.15, -0.1) is 11.8 Å². The number of rotatable bonds is 5. The van der Waals surface area contributed by atoms with Crippen LogP contribution in [0.4, 0.5) is 0 Å². The number of aliphatic carboxylic acids is 2. The van der Waals surface area contributed by atoms with E-state index in [1.807, 2.05) is 0 Å². The van der Waals surface area contributed by atoms with Gasteiger partial charge in [-0.1, -0.05) is 0 Å². The van der Waals surface area contributed by atoms with E-state index in [1.54, 1.807) is 19.2 Å². The summed E-state index contributed by atoms with van der Waals surface area (Å²) in [5.41, 5.74) is 0.276. The number of carbonyl (C=O) groups is 4. The van der Waals surface area contributed by atoms with Crippen molar-refractivity contribution in [3.63, 3.8) is 0 Å². The summed E-state index contributed by atoms with van der Waals surface area (Å²) in [6, 6.07) is -0.572. The molecule has 2 fully saturated rings. The van der Waals surface area contributed by atoms with Crippen LogP contribution in [0.2, 0.25) is 0 Å². The molecule has 0 aliphatic carbocycles. The van der Waals surface area contributed by atoms with Crippen LogP contribution in [0.5, 0.6) is 0 Å². The van der Waals surface area contributed by atoms with Crippen LogP contribution in [0.15, 0.2) is 16.8 Å². The number of hydrogen-bond acceptors (Lipinski definition) is 8. The Labute approximate surface area is 208 Å². The van der Waals surface area contributed by atoms with Crippen LogP contribution in [0.3, 0.4) is 0 Å². The van der Waals surface area contributed by atoms with Crippen molar-refractivity contribution >= 4 is 46.9 Å². The molecule has 134 valence electrons. The number of thiophene rings is 1. The van der Waals surface area contributed by atoms with Gasteiger partial charge in [0.15, 0.2) is 0 Å². The molecule has 1 N–H and O–H groups in total. The largest absolute Gasteiger partial charge is 1.00 e. The molecule has 0 radical (unpaired) electrons. The van der Waals surface area contributed by atoms with Crippen LogP contribution in [0, 0.1) is 0 Å². The molecular formula is C15H14N2Na2O6S2. The fourth-order valence-electron chi connectivity index (χ4n) is 3.20. The first kappa shape index (κ1) is 25.0. The molecule has 12 heteroatoms. The fraction of sp³-hybridized carbons (Fsp3) is 0.467. The first-order valence-electron chi connectivity index (χ1n) is 7.39. The van der Waals surface area contributed by atoms with Crippen molar-refractivity contribution in [1.29, 1.82) is 0 Å². The van der Waals surface area contributed by atoms with E-state index in [9.17, 15) is 29.4 Å². The Kier molecular flexibility index (Phi) is 8.48. The number of nitrogens with one attached hydrogen (secondary N) is 1. The maximum atomic E-state index is 12.4. The van der Waals surface area contributed by atoms with Crippen LogP contribution < -0.4 is 74.6 Å². The summed E-state index contributed by atoms with van der Waals surface area (Å²) < 4.78 is -0.778. The fourth-order valence-corrected chi connectivity index (χ4v) is 5.50. The molecule has 0 aromatic carbocycles. The van der Waals surface area contributed by atoms with Crippen molar-refractivity contribution < 1.29 is 88.5 Å². The minimum atomic E-state index is -1.56. The second-order valence-corrected chi connectivity index (χ2v) is 8.92. The molecule has 0 unspecified atom stereocenters. The predicted octanol–water partition coefficient (Wildman–Crippen LogP) is -8.11. The van der Waals surface area contributed by atoms with Gasteiger partial charge in [0.25, 0.3) is 0 Å². The van der Waals surface area contributed by atoms with Crippen LogP contribution >= 0.6 is 23.1 Å². The molecular weight excluding hydrogens is 417 g/mol. The van der Waals surface area contributed by atoms with E-state index >= 15 is 0 Å². The molecule has 0 saturated carbocycles. The first-order valence-corrected chi connectivity index (χ1v) is 9.21. The van der Waals surface area contributed by atoms with Gasteiger partial charge >= 0.3 is 59.1 Å². The average Bonchev–Trinajstić information content (AvgIpc) is 3.09. The summed E-state index contributed by atoms with van der Waals surface area (Å²) in [5.74, 6) is -5.86. The van der Waals surface area contributed by atoms with Crippen molar-refractivity contribution in [3.05, 3.63) is 22.4 Å². The molecule has 2 saturated heterocycles. The zero-order valence-electron chi connectivity index (χ0n) is 15.3. The molecule has 2 aliphatic heterocycles. The number of hydrogen-bond donors (Lipinski definition) is 1. The van der Waals surface area contributed by atoms with Gasteiger partial charge in [0.2, 0.25) is 11.8 Å². The average molecular weight is 431 g/mol. The minimum absolute atomic E-state index is 0. The van der Waals surface area contributed by atoms with E-state index in [0.29, 0.717) is 0 Å². The number of amides is 2. The van der Waals surface area contributed by atoms with Crippen molar-refractivity contribution in [2.24, 2.45) is 0 Å². The zero-order chi connectivity index (χ0) is 18.5. The normalized spacial score (nSPS) is 25.9. The van der Waals surface area contributed by atoms with Crippen LogP contribution in [0.1, 0.15) is 25.3 Å². The molecule has 0 bridgehead atoms. The number of carbonyl (C=O) groups excluding carboxylic acids is 4. The number of β-lactam (4-membered cyclic amide) rings is 1. The van der Waals surface area contributed by atoms with Crippen LogP contribution in [-0.2, 0) is 19.2 Å². The topological polar surface area (TPSA) is 130 Å². The van der Waals surface area contributed by atoms with E-state index in [2.05, 4.69) is 5.32 Å². The second-order valence-electron chi connectivity index (χ2n) is 6.37. The monoisotopic (exact) mass is 431 g/mol. The molecule has 8 nitrogen and oxygen atoms in total. The maximum Gasteiger partial charge on any atom is 1.00 e. The Morgan fingerprint density at radius 1 is 1.26 bits per heavy atom. The van der Waals surface area contributed by atoms with E-state index in [0.717, 1.165) is 0 Å². The predicted molar refractivity (Wildman–Crippen MR) is 85.1 cm³/mol. The van der Waals surface area contributed by atoms with Gasteiger partial charge in [-0.3, -0.25) is 9.59 Å². The summed E-state index contributed by atoms with van der Waals surface area (Å²) in [4.78, 5) is 48.5. The molecule has 1 aromatic heterocycles. The molecule has 3 rings (SSSR count). The van der Waals surface area contributed by atoms with Gasteiger partial charge in [0, 0.05) is 4.75 Å². The van der Waals surface area contributed by atoms with E-state index in [-0.39, 0.29) is 64.7 Å². The summed E-state index contributed by atoms with van der Waals surface area (Å²) in [6.07, 6.45) is 0. The Bertz CT molecular complexity index is 757. The van der Waals surface area contributed by atoms with Gasteiger partial charge in [-0.05, 0) is 36.2 Å². The Morgan fingerprint density at radius 2 is 1.89 bits per heavy atom. The molecule has 1 aromatic rings. The van der Waals surface area contributed by atoms with Crippen molar-refractivity contribution in [3.8, 4) is 0 Å². The molecule has 0 spiro atoms. The van der Waals surface area contributed by atoms with Crippen molar-refractivity contribution in [1.82, 2.24) is 10.2 Å². The first-order chi connectivity index (χ1) is 11.6. The Balaban J connectivity index is 0.00000182. The smallest absolute Gasteiger partial charge is 0.549 e. The van der Waals surface area contributed by atoms with Gasteiger partial charge < -0.3 is 30.0 Å². The number of carboxylic acid groups (broad SMARTS) is 2. The third-order valence-corrected chi connectivity index (χ3v) is 6.61. The maximum absolute atomic E-state index is 12.4. The quantitative estimate of drug-likeness (QED) is 0.212. The summed E-state index contributed by atoms with van der Waals surface area (Å²) in [7, 11) is 0. The number of carboxylic acids is 2. The van der Waals surface area contributed by atoms with E-state index in [4.69, 9.17) is 0 Å². The zero-order valence-corrected chi connectivity index (χ0v) is 20.9. The van der Waals surface area contributed by atoms with E-state index in [1.165, 1.54) is 39.4 Å². The van der Waals surface area contributed by atoms with Gasteiger partial charge in [0.1, 0.15) is 17.3 Å². The number of nitrogens with zero attached hydrogens (tertiary/aromatic N) is 1. The second kappa shape index (κ2) is 9.17. The molecule has 27 heavy (non-hydrogen) atoms. The Morgan fingerprint density at radius 3 is 2.37 bits per heavy atom. The van der Waals surface area contributed by atoms with Gasteiger partial charge in [-0.25, -0.2) is 0 Å². The third-order valence-electron chi connectivity index (χ3n) is 4.34. The minimum Gasteiger partial charge on any atom is -0.549 e. The third kappa shape index (κ3) is 4.42. The van der Waals surface area contributed by atoms with Gasteiger partial charge in [0.05, 0.1) is 18.0 Å². The SMILES string of the molecule is CC1(C)S[C@@H]2[C@H](N[13C](=O)[13C@@H](c3ccsc3)[13C](=O)[O-])C(=O)N2[C@H]1C(=O)[O-].[Na+].[Na+]. The molecule has 2 amide bonds. The standard InChI is InChI=1S/C15H16N2O6S2.2Na/c1-15(2)9(14(22)23)17-11(19)8(12(17)25-15)16-10(18)7(13(20)21)6-3-4-24-5-6;;/h3-5,7-9,12H,1-2H3,(H,16,18)(H,20,21)(H,22,23);;/q;2*+1/p-2/t7-,8-,9+,12-;;/m1../s1/i7+1,10+1,13+1;;. The van der Waals surface area contributed by atoms with Crippen molar-refractivity contribution in [2.75, 3.05) is 0 Å². The van der Waals surface area contributed by atoms with Gasteiger partial charge in [-0.2, -0.15) is 11.3 Å². The van der Waals surface area contributed by atoms with Crippen LogP contribution in [-0.4, -0.2) is 50.9 Å². The number of thioether (sulfide) groups is 1. The summed E-state index contributed by atoms with van der Waals surface area (Å²) in [5, 5.41) is 27.7. The molecule has 3 heterocycles. The summed E-state index contributed by atoms with van der Waals surface area (Å²) >= 11 is 2.47.